The second-order valence-electron chi connectivity index (χ2n) is 12.6. The van der Waals surface area contributed by atoms with E-state index in [2.05, 4.69) is 4.99 Å². The van der Waals surface area contributed by atoms with Crippen molar-refractivity contribution < 1.29 is 34.3 Å². The van der Waals surface area contributed by atoms with Crippen LogP contribution in [-0.2, 0) is 4.79 Å². The lowest BCUT2D eigenvalue weighted by Gasteiger charge is -2.22. The first-order chi connectivity index (χ1) is 24.7. The summed E-state index contributed by atoms with van der Waals surface area (Å²) < 4.78 is 18.0. The second-order valence-corrected chi connectivity index (χ2v) is 12.6. The van der Waals surface area contributed by atoms with Gasteiger partial charge in [0.05, 0.1) is 54.3 Å². The van der Waals surface area contributed by atoms with E-state index in [0.717, 1.165) is 16.7 Å². The number of methoxy groups -OCH3 is 3. The predicted octanol–water partition coefficient (Wildman–Crippen LogP) is 1.32. The zero-order valence-electron chi connectivity index (χ0n) is 28.3. The number of carboxylic acids is 1. The van der Waals surface area contributed by atoms with Crippen LogP contribution in [0.15, 0.2) is 53.2 Å². The van der Waals surface area contributed by atoms with Gasteiger partial charge in [0.25, 0.3) is 5.56 Å². The normalized spacial score (nSPS) is 15.2. The van der Waals surface area contributed by atoms with Crippen LogP contribution in [0, 0.1) is 6.92 Å². The van der Waals surface area contributed by atoms with E-state index >= 15 is 0 Å². The third kappa shape index (κ3) is 4.49. The highest BCUT2D eigenvalue weighted by Crippen LogP contribution is 2.48. The van der Waals surface area contributed by atoms with Crippen molar-refractivity contribution in [2.75, 3.05) is 34.9 Å². The van der Waals surface area contributed by atoms with Crippen molar-refractivity contribution in [3.8, 4) is 28.7 Å². The number of phenolic OH excluding ortho intramolecular Hbond substituents is 2. The van der Waals surface area contributed by atoms with Gasteiger partial charge in [-0.3, -0.25) is 28.5 Å². The van der Waals surface area contributed by atoms with E-state index < -0.39 is 67.6 Å². The number of fused-ring (bicyclic) bond motifs is 6. The van der Waals surface area contributed by atoms with Crippen molar-refractivity contribution in [2.45, 2.75) is 25.4 Å². The van der Waals surface area contributed by atoms with Gasteiger partial charge in [0.2, 0.25) is 10.9 Å². The average Bonchev–Trinajstić information content (AvgIpc) is 3.41. The Labute approximate surface area is 290 Å². The number of nitrogens with two attached hydrogens (primary N) is 1. The summed E-state index contributed by atoms with van der Waals surface area (Å²) in [5.74, 6) is -2.96. The van der Waals surface area contributed by atoms with Gasteiger partial charge in [-0.25, -0.2) is 9.79 Å². The lowest BCUT2D eigenvalue weighted by molar-refractivity contribution is -0.141. The summed E-state index contributed by atoms with van der Waals surface area (Å²) in [4.78, 5) is 90.0. The van der Waals surface area contributed by atoms with Crippen molar-refractivity contribution in [2.24, 2.45) is 10.7 Å². The van der Waals surface area contributed by atoms with Crippen LogP contribution < -0.4 is 47.2 Å². The third-order valence-corrected chi connectivity index (χ3v) is 9.76. The summed E-state index contributed by atoms with van der Waals surface area (Å²) in [7, 11) is 5.34. The molecule has 5 aromatic carbocycles. The molecule has 1 aliphatic rings. The monoisotopic (exact) mass is 710 g/mol. The third-order valence-electron chi connectivity index (χ3n) is 9.76. The maximum absolute atomic E-state index is 14.7. The quantitative estimate of drug-likeness (QED) is 0.135. The maximum atomic E-state index is 14.7. The minimum atomic E-state index is -1.50. The number of carboxylic acid groups (broad SMARTS) is 1. The summed E-state index contributed by atoms with van der Waals surface area (Å²) in [5, 5.41) is 27.9. The van der Waals surface area contributed by atoms with Gasteiger partial charge in [-0.2, -0.15) is 0 Å². The Morgan fingerprint density at radius 1 is 0.788 bits per heavy atom. The first kappa shape index (κ1) is 33.8. The molecular formula is C36H30N4O12. The van der Waals surface area contributed by atoms with E-state index in [4.69, 9.17) is 19.9 Å². The molecule has 0 bridgehead atoms. The molecule has 0 aliphatic carbocycles. The molecule has 1 aromatic heterocycles. The number of hydrogen-bond donors (Lipinski definition) is 4. The van der Waals surface area contributed by atoms with Crippen LogP contribution in [0.4, 0.5) is 0 Å². The molecule has 266 valence electrons. The van der Waals surface area contributed by atoms with Crippen molar-refractivity contribution >= 4 is 65.8 Å². The molecule has 0 spiro atoms. The summed E-state index contributed by atoms with van der Waals surface area (Å²) in [6.45, 7) is 1.73. The minimum Gasteiger partial charge on any atom is -0.508 e. The lowest BCUT2D eigenvalue weighted by atomic mass is 9.91. The zero-order valence-corrected chi connectivity index (χ0v) is 28.3. The molecule has 0 saturated carbocycles. The number of rotatable bonds is 7. The fourth-order valence-electron chi connectivity index (χ4n) is 7.54. The molecule has 0 saturated heterocycles. The summed E-state index contributed by atoms with van der Waals surface area (Å²) in [5.41, 5.74) is 1.44. The summed E-state index contributed by atoms with van der Waals surface area (Å²) >= 11 is 0. The van der Waals surface area contributed by atoms with E-state index in [-0.39, 0.29) is 78.4 Å². The van der Waals surface area contributed by atoms with Crippen molar-refractivity contribution in [1.29, 1.82) is 0 Å². The molecule has 5 N–H and O–H groups in total. The average molecular weight is 711 g/mol. The van der Waals surface area contributed by atoms with Crippen LogP contribution >= 0.6 is 0 Å². The number of aromatic nitrogens is 1. The largest absolute Gasteiger partial charge is 0.508 e. The van der Waals surface area contributed by atoms with Gasteiger partial charge in [-0.1, -0.05) is 0 Å². The number of aliphatic imine (C=N–C) groups is 1. The Hall–Kier alpha value is -6.71. The number of likely N-dealkylation sites (N-methyl/N-ethyl adjacent to an activating group) is 1. The Balaban J connectivity index is 1.69. The molecular weight excluding hydrogens is 680 g/mol. The van der Waals surface area contributed by atoms with Gasteiger partial charge in [0.1, 0.15) is 23.3 Å². The number of pyridine rings is 1. The molecule has 16 nitrogen and oxygen atoms in total. The molecule has 2 atom stereocenters. The summed E-state index contributed by atoms with van der Waals surface area (Å²) in [6, 6.07) is 2.27. The van der Waals surface area contributed by atoms with Gasteiger partial charge < -0.3 is 40.2 Å². The van der Waals surface area contributed by atoms with Crippen LogP contribution in [0.3, 0.4) is 0 Å². The molecule has 6 aromatic rings. The fraction of sp³-hybridized carbons (Fsp3) is 0.250. The summed E-state index contributed by atoms with van der Waals surface area (Å²) in [6.07, 6.45) is -0.154. The number of aryl methyl sites for hydroxylation is 1. The van der Waals surface area contributed by atoms with E-state index in [1.807, 2.05) is 0 Å². The molecule has 0 fully saturated rings. The van der Waals surface area contributed by atoms with E-state index in [0.29, 0.717) is 6.54 Å². The van der Waals surface area contributed by atoms with Crippen LogP contribution in [0.5, 0.6) is 28.7 Å². The van der Waals surface area contributed by atoms with Crippen LogP contribution in [0.1, 0.15) is 18.2 Å². The number of aliphatic carboxylic acids is 1. The predicted molar refractivity (Wildman–Crippen MR) is 193 cm³/mol. The number of nitrogens with zero attached hydrogens (tertiary/aromatic N) is 3. The Morgan fingerprint density at radius 3 is 1.98 bits per heavy atom. The van der Waals surface area contributed by atoms with Gasteiger partial charge in [0.15, 0.2) is 28.3 Å². The van der Waals surface area contributed by atoms with Crippen molar-refractivity contribution in [3.63, 3.8) is 0 Å². The second kappa shape index (κ2) is 11.7. The zero-order chi connectivity index (χ0) is 37.7. The van der Waals surface area contributed by atoms with Crippen LogP contribution in [0.25, 0.3) is 53.9 Å². The maximum Gasteiger partial charge on any atom is 0.326 e. The number of guanidine groups is 1. The van der Waals surface area contributed by atoms with Crippen molar-refractivity contribution in [1.82, 2.24) is 9.47 Å². The molecule has 1 aliphatic heterocycles. The minimum absolute atomic E-state index is 0.0662. The molecule has 0 amide bonds. The SMILES string of the molecule is COc1c(OC)c2c(=O)c3cc(C)n([C@H](C[C@@H]4CN(C)C(N)=N4)C(=O)O)c(=O)c3c(=O)c2c2cc3c(=O)c4cc(O)cc(O)c4c(=O)c3c(OC)c12. The molecule has 16 heteroatoms. The highest BCUT2D eigenvalue weighted by molar-refractivity contribution is 6.23. The lowest BCUT2D eigenvalue weighted by Crippen LogP contribution is -2.37. The number of hydrogen-bond acceptors (Lipinski definition) is 14. The van der Waals surface area contributed by atoms with E-state index in [9.17, 15) is 44.1 Å². The molecule has 7 rings (SSSR count). The number of aromatic hydroxyl groups is 2. The topological polar surface area (TPSA) is 237 Å². The van der Waals surface area contributed by atoms with Gasteiger partial charge >= 0.3 is 5.97 Å². The molecule has 0 radical (unpaired) electrons. The first-order valence-electron chi connectivity index (χ1n) is 15.8. The van der Waals surface area contributed by atoms with E-state index in [1.165, 1.54) is 40.4 Å². The Morgan fingerprint density at radius 2 is 1.38 bits per heavy atom. The highest BCUT2D eigenvalue weighted by atomic mass is 16.5. The first-order valence-corrected chi connectivity index (χ1v) is 15.8. The number of carbonyl (C=O) groups is 1. The Kier molecular flexibility index (Phi) is 7.59. The van der Waals surface area contributed by atoms with Gasteiger partial charge in [-0.05, 0) is 25.1 Å². The van der Waals surface area contributed by atoms with Crippen LogP contribution in [0.2, 0.25) is 0 Å². The highest BCUT2D eigenvalue weighted by Gasteiger charge is 2.33. The number of phenols is 2. The molecule has 2 heterocycles. The molecule has 0 unspecified atom stereocenters. The van der Waals surface area contributed by atoms with Crippen LogP contribution in [-0.4, -0.2) is 77.7 Å². The van der Waals surface area contributed by atoms with Gasteiger partial charge in [-0.15, -0.1) is 0 Å². The van der Waals surface area contributed by atoms with E-state index in [1.54, 1.807) is 11.9 Å². The number of ether oxygens (including phenoxy) is 3. The van der Waals surface area contributed by atoms with Crippen molar-refractivity contribution in [3.05, 3.63) is 81.2 Å². The number of benzene rings is 5. The Bertz CT molecular complexity index is 2930. The smallest absolute Gasteiger partial charge is 0.326 e. The molecule has 52 heavy (non-hydrogen) atoms. The van der Waals surface area contributed by atoms with Gasteiger partial charge in [0, 0.05) is 58.7 Å². The standard InChI is InChI=1S/C36H30N4O12/c1-12-6-16-24(34(47)40(12)19(35(48)49)7-13-11-39(2)36(37)38-13)30(46)22-15-10-18-23(29(45)21-17(27(18)43)8-14(41)9-20(21)42)31(50-3)25(15)32(51-4)33(52-5)26(22)28(16)44/h6,8-10,13,19,41-42H,7,11H2,1-5H3,(H2,37,38)(H,48,49)/t13-,19-/m1/s1. The fourth-order valence-corrected chi connectivity index (χ4v) is 7.54.